The summed E-state index contributed by atoms with van der Waals surface area (Å²) in [6.45, 7) is 1.57. The van der Waals surface area contributed by atoms with Gasteiger partial charge in [-0.25, -0.2) is 0 Å². The molecule has 38 heavy (non-hydrogen) atoms. The van der Waals surface area contributed by atoms with E-state index in [-0.39, 0.29) is 10.9 Å². The molecule has 3 aromatic carbocycles. The summed E-state index contributed by atoms with van der Waals surface area (Å²) in [6, 6.07) is 30.7. The van der Waals surface area contributed by atoms with E-state index in [2.05, 4.69) is 41.3 Å². The molecule has 0 atom stereocenters. The molecule has 0 fully saturated rings. The topological polar surface area (TPSA) is 16.4 Å². The maximum atomic E-state index is 13.6. The first-order valence-electron chi connectivity index (χ1n) is 12.5. The van der Waals surface area contributed by atoms with E-state index in [1.165, 1.54) is 6.07 Å². The standard InChI is InChI=1S/C32H27ClF3NO/c33-31-27(12-7-13-30(31)32(34,35)36)20-37(16-14-23-18-26-15-17-38-22-28(26)19-23)21-29(24-8-3-1-4-9-24)25-10-5-2-6-11-25/h1-13,15,17-19,22,29H,14,16,20-21H2. The third-order valence-corrected chi connectivity index (χ3v) is 7.32. The fourth-order valence-corrected chi connectivity index (χ4v) is 5.23. The van der Waals surface area contributed by atoms with Gasteiger partial charge in [-0.15, -0.1) is 0 Å². The van der Waals surface area contributed by atoms with Crippen molar-refractivity contribution in [2.24, 2.45) is 0 Å². The number of hydrogen-bond acceptors (Lipinski definition) is 2. The predicted octanol–water partition coefficient (Wildman–Crippen LogP) is 8.93. The van der Waals surface area contributed by atoms with Crippen LogP contribution in [0.2, 0.25) is 5.02 Å². The lowest BCUT2D eigenvalue weighted by Gasteiger charge is -2.29. The van der Waals surface area contributed by atoms with Gasteiger partial charge >= 0.3 is 6.18 Å². The van der Waals surface area contributed by atoms with Crippen LogP contribution in [0.3, 0.4) is 0 Å². The highest BCUT2D eigenvalue weighted by atomic mass is 35.5. The summed E-state index contributed by atoms with van der Waals surface area (Å²) >= 11 is 6.32. The SMILES string of the molecule is FC(F)(F)c1cccc(CN(CCc2cc3ccocc-3c2)CC(c2ccccc2)c2ccccc2)c1Cl. The minimum atomic E-state index is -4.50. The highest BCUT2D eigenvalue weighted by Crippen LogP contribution is 2.37. The van der Waals surface area contributed by atoms with Gasteiger partial charge in [0, 0.05) is 31.1 Å². The van der Waals surface area contributed by atoms with E-state index >= 15 is 0 Å². The van der Waals surface area contributed by atoms with Crippen molar-refractivity contribution in [2.45, 2.75) is 25.1 Å². The summed E-state index contributed by atoms with van der Waals surface area (Å²) in [6.07, 6.45) is -0.394. The zero-order valence-electron chi connectivity index (χ0n) is 20.7. The molecule has 1 heterocycles. The summed E-state index contributed by atoms with van der Waals surface area (Å²) in [7, 11) is 0. The second-order valence-corrected chi connectivity index (χ2v) is 9.84. The second kappa shape index (κ2) is 11.5. The van der Waals surface area contributed by atoms with Gasteiger partial charge in [-0.2, -0.15) is 13.2 Å². The number of alkyl halides is 3. The summed E-state index contributed by atoms with van der Waals surface area (Å²) in [5.74, 6) is 0.0412. The number of hydrogen-bond donors (Lipinski definition) is 0. The van der Waals surface area contributed by atoms with E-state index < -0.39 is 11.7 Å². The van der Waals surface area contributed by atoms with Crippen LogP contribution < -0.4 is 0 Å². The first-order chi connectivity index (χ1) is 18.4. The van der Waals surface area contributed by atoms with E-state index in [9.17, 15) is 13.2 Å². The molecule has 0 saturated carbocycles. The third-order valence-electron chi connectivity index (χ3n) is 6.88. The Morgan fingerprint density at radius 2 is 1.45 bits per heavy atom. The molecular formula is C32H27ClF3NO. The molecule has 0 aromatic heterocycles. The van der Waals surface area contributed by atoms with Crippen LogP contribution >= 0.6 is 11.6 Å². The number of halogens is 4. The molecule has 0 amide bonds. The number of rotatable bonds is 9. The first-order valence-corrected chi connectivity index (χ1v) is 12.9. The van der Waals surface area contributed by atoms with Crippen molar-refractivity contribution in [2.75, 3.05) is 13.1 Å². The molecule has 2 aliphatic rings. The molecule has 5 rings (SSSR count). The van der Waals surface area contributed by atoms with Crippen LogP contribution in [0, 0.1) is 0 Å². The van der Waals surface area contributed by atoms with Crippen molar-refractivity contribution in [3.05, 3.63) is 142 Å². The minimum Gasteiger partial charge on any atom is -0.472 e. The van der Waals surface area contributed by atoms with Gasteiger partial charge in [-0.3, -0.25) is 4.90 Å². The lowest BCUT2D eigenvalue weighted by Crippen LogP contribution is -2.31. The Hall–Kier alpha value is -3.54. The molecule has 0 N–H and O–H groups in total. The minimum absolute atomic E-state index is 0.0412. The fraction of sp³-hybridized carbons (Fsp3) is 0.188. The van der Waals surface area contributed by atoms with Crippen LogP contribution in [-0.4, -0.2) is 18.0 Å². The van der Waals surface area contributed by atoms with Gasteiger partial charge in [0.2, 0.25) is 0 Å². The molecule has 0 unspecified atom stereocenters. The Morgan fingerprint density at radius 1 is 0.789 bits per heavy atom. The molecule has 0 spiro atoms. The molecule has 0 saturated heterocycles. The average Bonchev–Trinajstić information content (AvgIpc) is 3.34. The molecule has 2 nitrogen and oxygen atoms in total. The Bertz CT molecular complexity index is 1360. The van der Waals surface area contributed by atoms with Crippen molar-refractivity contribution >= 4 is 11.6 Å². The van der Waals surface area contributed by atoms with Crippen molar-refractivity contribution < 1.29 is 17.6 Å². The molecule has 0 radical (unpaired) electrons. The van der Waals surface area contributed by atoms with Crippen LogP contribution in [-0.2, 0) is 19.1 Å². The monoisotopic (exact) mass is 533 g/mol. The zero-order chi connectivity index (χ0) is 26.5. The highest BCUT2D eigenvalue weighted by molar-refractivity contribution is 6.32. The molecular weight excluding hydrogens is 507 g/mol. The Kier molecular flexibility index (Phi) is 7.87. The largest absolute Gasteiger partial charge is 0.472 e. The van der Waals surface area contributed by atoms with Crippen LogP contribution in [0.25, 0.3) is 11.1 Å². The summed E-state index contributed by atoms with van der Waals surface area (Å²) in [5.41, 5.74) is 5.25. The van der Waals surface area contributed by atoms with Gasteiger partial charge in [0.05, 0.1) is 23.1 Å². The van der Waals surface area contributed by atoms with Crippen LogP contribution in [0.5, 0.6) is 0 Å². The van der Waals surface area contributed by atoms with Crippen molar-refractivity contribution in [1.29, 1.82) is 0 Å². The normalized spacial score (nSPS) is 12.1. The summed E-state index contributed by atoms with van der Waals surface area (Å²) in [4.78, 5) is 2.20. The Morgan fingerprint density at radius 3 is 2.08 bits per heavy atom. The molecule has 1 aliphatic heterocycles. The summed E-state index contributed by atoms with van der Waals surface area (Å²) in [5, 5.41) is -0.235. The number of fused-ring (bicyclic) bond motifs is 1. The van der Waals surface area contributed by atoms with Gasteiger partial charge in [0.15, 0.2) is 0 Å². The van der Waals surface area contributed by atoms with E-state index in [4.69, 9.17) is 16.0 Å². The van der Waals surface area contributed by atoms with E-state index in [0.717, 1.165) is 40.3 Å². The predicted molar refractivity (Wildman–Crippen MR) is 145 cm³/mol. The van der Waals surface area contributed by atoms with Crippen molar-refractivity contribution in [3.63, 3.8) is 0 Å². The maximum Gasteiger partial charge on any atom is 0.417 e. The van der Waals surface area contributed by atoms with Gasteiger partial charge < -0.3 is 4.42 Å². The van der Waals surface area contributed by atoms with E-state index in [1.807, 2.05) is 42.5 Å². The molecule has 3 aromatic rings. The summed E-state index contributed by atoms with van der Waals surface area (Å²) < 4.78 is 46.0. The first kappa shape index (κ1) is 26.1. The maximum absolute atomic E-state index is 13.6. The van der Waals surface area contributed by atoms with Crippen LogP contribution in [0.15, 0.2) is 114 Å². The van der Waals surface area contributed by atoms with E-state index in [1.54, 1.807) is 18.6 Å². The Balaban J connectivity index is 1.46. The van der Waals surface area contributed by atoms with Gasteiger partial charge in [-0.1, -0.05) is 90.5 Å². The molecule has 0 bridgehead atoms. The smallest absolute Gasteiger partial charge is 0.417 e. The van der Waals surface area contributed by atoms with Crippen LogP contribution in [0.4, 0.5) is 13.2 Å². The van der Waals surface area contributed by atoms with Crippen molar-refractivity contribution in [3.8, 4) is 11.1 Å². The van der Waals surface area contributed by atoms with Crippen LogP contribution in [0.1, 0.15) is 33.7 Å². The highest BCUT2D eigenvalue weighted by Gasteiger charge is 2.34. The zero-order valence-corrected chi connectivity index (χ0v) is 21.4. The van der Waals surface area contributed by atoms with Gasteiger partial charge in [0.25, 0.3) is 0 Å². The lowest BCUT2D eigenvalue weighted by molar-refractivity contribution is -0.137. The molecule has 1 aliphatic carbocycles. The van der Waals surface area contributed by atoms with Gasteiger partial charge in [-0.05, 0) is 52.4 Å². The molecule has 6 heteroatoms. The fourth-order valence-electron chi connectivity index (χ4n) is 4.94. The molecule has 194 valence electrons. The Labute approximate surface area is 225 Å². The number of benzene rings is 3. The van der Waals surface area contributed by atoms with Gasteiger partial charge in [0.1, 0.15) is 0 Å². The van der Waals surface area contributed by atoms with Crippen molar-refractivity contribution in [1.82, 2.24) is 4.90 Å². The third kappa shape index (κ3) is 6.12. The second-order valence-electron chi connectivity index (χ2n) is 9.47. The van der Waals surface area contributed by atoms with E-state index in [0.29, 0.717) is 25.2 Å². The average molecular weight is 534 g/mol. The quantitative estimate of drug-likeness (QED) is 0.188. The number of nitrogens with zero attached hydrogens (tertiary/aromatic N) is 1. The lowest BCUT2D eigenvalue weighted by atomic mass is 9.90.